The molecule has 0 atom stereocenters. The molecule has 3 aromatic rings. The average molecular weight is 263 g/mol. The number of nitrogen functional groups attached to an aromatic ring is 2. The lowest BCUT2D eigenvalue weighted by Crippen LogP contribution is -1.85. The summed E-state index contributed by atoms with van der Waals surface area (Å²) < 4.78 is 0. The van der Waals surface area contributed by atoms with Crippen molar-refractivity contribution < 1.29 is 0 Å². The second-order valence-electron chi connectivity index (χ2n) is 4.27. The molecule has 0 spiro atoms. The Bertz CT molecular complexity index is 546. The van der Waals surface area contributed by atoms with Crippen molar-refractivity contribution >= 4 is 11.4 Å². The van der Waals surface area contributed by atoms with Gasteiger partial charge in [0.05, 0.1) is 0 Å². The third-order valence-corrected chi connectivity index (χ3v) is 2.72. The third kappa shape index (κ3) is 4.14. The SMILES string of the molecule is Nc1ccc(-c2ccc(N)cc2)cc1.c1ccncc1. The Morgan fingerprint density at radius 2 is 0.950 bits per heavy atom. The van der Waals surface area contributed by atoms with Crippen LogP contribution in [0.3, 0.4) is 0 Å². The summed E-state index contributed by atoms with van der Waals surface area (Å²) in [5.41, 5.74) is 15.1. The highest BCUT2D eigenvalue weighted by atomic mass is 14.6. The van der Waals surface area contributed by atoms with Crippen LogP contribution in [0.2, 0.25) is 0 Å². The lowest BCUT2D eigenvalue weighted by molar-refractivity contribution is 1.33. The first-order chi connectivity index (χ1) is 9.75. The largest absolute Gasteiger partial charge is 0.399 e. The van der Waals surface area contributed by atoms with Crippen LogP contribution in [0.1, 0.15) is 0 Å². The highest BCUT2D eigenvalue weighted by molar-refractivity contribution is 5.67. The average Bonchev–Trinajstić information content (AvgIpc) is 2.51. The lowest BCUT2D eigenvalue weighted by Gasteiger charge is -2.02. The minimum Gasteiger partial charge on any atom is -0.399 e. The molecule has 3 heteroatoms. The second-order valence-corrected chi connectivity index (χ2v) is 4.27. The maximum atomic E-state index is 5.61. The number of nitrogens with zero attached hydrogens (tertiary/aromatic N) is 1. The van der Waals surface area contributed by atoms with Crippen LogP contribution in [-0.4, -0.2) is 4.98 Å². The summed E-state index contributed by atoms with van der Waals surface area (Å²) in [6.07, 6.45) is 3.50. The number of aromatic nitrogens is 1. The highest BCUT2D eigenvalue weighted by Gasteiger charge is 1.95. The summed E-state index contributed by atoms with van der Waals surface area (Å²) in [5, 5.41) is 0. The Hall–Kier alpha value is -2.81. The maximum Gasteiger partial charge on any atom is 0.0314 e. The number of pyridine rings is 1. The van der Waals surface area contributed by atoms with Gasteiger partial charge in [-0.1, -0.05) is 30.3 Å². The van der Waals surface area contributed by atoms with Gasteiger partial charge < -0.3 is 11.5 Å². The Kier molecular flexibility index (Phi) is 4.73. The fourth-order valence-electron chi connectivity index (χ4n) is 1.66. The Morgan fingerprint density at radius 1 is 0.550 bits per heavy atom. The highest BCUT2D eigenvalue weighted by Crippen LogP contribution is 2.21. The molecule has 0 radical (unpaired) electrons. The molecule has 1 aromatic heterocycles. The van der Waals surface area contributed by atoms with Crippen LogP contribution >= 0.6 is 0 Å². The Labute approximate surface area is 118 Å². The molecule has 0 aliphatic heterocycles. The normalized spacial score (nSPS) is 9.40. The van der Waals surface area contributed by atoms with Gasteiger partial charge in [-0.25, -0.2) is 0 Å². The van der Waals surface area contributed by atoms with Gasteiger partial charge in [0.25, 0.3) is 0 Å². The molecule has 100 valence electrons. The molecule has 0 aliphatic carbocycles. The summed E-state index contributed by atoms with van der Waals surface area (Å²) in [5.74, 6) is 0. The summed E-state index contributed by atoms with van der Waals surface area (Å²) in [7, 11) is 0. The molecule has 0 saturated heterocycles. The zero-order valence-electron chi connectivity index (χ0n) is 11.1. The van der Waals surface area contributed by atoms with E-state index in [0.29, 0.717) is 0 Å². The lowest BCUT2D eigenvalue weighted by atomic mass is 10.1. The molecule has 0 amide bonds. The first-order valence-corrected chi connectivity index (χ1v) is 6.32. The van der Waals surface area contributed by atoms with Crippen LogP contribution in [0.4, 0.5) is 11.4 Å². The summed E-state index contributed by atoms with van der Waals surface area (Å²) >= 11 is 0. The number of nitrogens with two attached hydrogens (primary N) is 2. The van der Waals surface area contributed by atoms with Gasteiger partial charge >= 0.3 is 0 Å². The monoisotopic (exact) mass is 263 g/mol. The van der Waals surface area contributed by atoms with E-state index in [1.54, 1.807) is 12.4 Å². The zero-order valence-corrected chi connectivity index (χ0v) is 11.1. The molecule has 0 aliphatic rings. The molecular formula is C17H17N3. The van der Waals surface area contributed by atoms with E-state index in [1.807, 2.05) is 66.7 Å². The molecule has 1 heterocycles. The number of benzene rings is 2. The van der Waals surface area contributed by atoms with Crippen molar-refractivity contribution in [2.45, 2.75) is 0 Å². The van der Waals surface area contributed by atoms with E-state index in [0.717, 1.165) is 22.5 Å². The molecule has 0 fully saturated rings. The van der Waals surface area contributed by atoms with Crippen molar-refractivity contribution in [3.05, 3.63) is 79.1 Å². The van der Waals surface area contributed by atoms with Crippen LogP contribution in [0.5, 0.6) is 0 Å². The van der Waals surface area contributed by atoms with Crippen LogP contribution in [0.25, 0.3) is 11.1 Å². The Balaban J connectivity index is 0.000000205. The minimum atomic E-state index is 0.782. The van der Waals surface area contributed by atoms with Gasteiger partial charge in [-0.05, 0) is 47.5 Å². The first-order valence-electron chi connectivity index (χ1n) is 6.32. The molecule has 3 nitrogen and oxygen atoms in total. The predicted octanol–water partition coefficient (Wildman–Crippen LogP) is 3.60. The van der Waals surface area contributed by atoms with Gasteiger partial charge in [0.2, 0.25) is 0 Å². The molecule has 3 rings (SSSR count). The zero-order chi connectivity index (χ0) is 14.2. The summed E-state index contributed by atoms with van der Waals surface area (Å²) in [6, 6.07) is 21.3. The van der Waals surface area contributed by atoms with E-state index in [2.05, 4.69) is 4.98 Å². The van der Waals surface area contributed by atoms with Crippen molar-refractivity contribution in [1.29, 1.82) is 0 Å². The van der Waals surface area contributed by atoms with Gasteiger partial charge in [-0.15, -0.1) is 0 Å². The molecule has 4 N–H and O–H groups in total. The van der Waals surface area contributed by atoms with Crippen LogP contribution < -0.4 is 11.5 Å². The van der Waals surface area contributed by atoms with E-state index in [9.17, 15) is 0 Å². The first kappa shape index (κ1) is 13.6. The fourth-order valence-corrected chi connectivity index (χ4v) is 1.66. The smallest absolute Gasteiger partial charge is 0.0314 e. The fraction of sp³-hybridized carbons (Fsp3) is 0. The summed E-state index contributed by atoms with van der Waals surface area (Å²) in [4.78, 5) is 3.78. The minimum absolute atomic E-state index is 0.782. The van der Waals surface area contributed by atoms with E-state index in [-0.39, 0.29) is 0 Å². The van der Waals surface area contributed by atoms with Crippen molar-refractivity contribution in [2.24, 2.45) is 0 Å². The van der Waals surface area contributed by atoms with Crippen LogP contribution in [-0.2, 0) is 0 Å². The quantitative estimate of drug-likeness (QED) is 0.659. The molecule has 0 saturated carbocycles. The van der Waals surface area contributed by atoms with Crippen molar-refractivity contribution in [3.8, 4) is 11.1 Å². The van der Waals surface area contributed by atoms with Crippen molar-refractivity contribution in [3.63, 3.8) is 0 Å². The topological polar surface area (TPSA) is 64.9 Å². The number of hydrogen-bond acceptors (Lipinski definition) is 3. The van der Waals surface area contributed by atoms with Gasteiger partial charge in [-0.3, -0.25) is 4.98 Å². The van der Waals surface area contributed by atoms with E-state index in [1.165, 1.54) is 0 Å². The summed E-state index contributed by atoms with van der Waals surface area (Å²) in [6.45, 7) is 0. The van der Waals surface area contributed by atoms with Crippen molar-refractivity contribution in [2.75, 3.05) is 11.5 Å². The van der Waals surface area contributed by atoms with Gasteiger partial charge in [0, 0.05) is 23.8 Å². The van der Waals surface area contributed by atoms with Gasteiger partial charge in [0.15, 0.2) is 0 Å². The van der Waals surface area contributed by atoms with E-state index < -0.39 is 0 Å². The van der Waals surface area contributed by atoms with Gasteiger partial charge in [0.1, 0.15) is 0 Å². The molecule has 20 heavy (non-hydrogen) atoms. The number of hydrogen-bond donors (Lipinski definition) is 2. The Morgan fingerprint density at radius 3 is 1.20 bits per heavy atom. The third-order valence-electron chi connectivity index (χ3n) is 2.72. The van der Waals surface area contributed by atoms with Gasteiger partial charge in [-0.2, -0.15) is 0 Å². The van der Waals surface area contributed by atoms with Crippen LogP contribution in [0, 0.1) is 0 Å². The molecule has 0 bridgehead atoms. The maximum absolute atomic E-state index is 5.61. The van der Waals surface area contributed by atoms with Crippen LogP contribution in [0.15, 0.2) is 79.1 Å². The molecule has 0 unspecified atom stereocenters. The predicted molar refractivity (Wildman–Crippen MR) is 84.9 cm³/mol. The molecule has 2 aromatic carbocycles. The number of rotatable bonds is 1. The van der Waals surface area contributed by atoms with E-state index in [4.69, 9.17) is 11.5 Å². The molecular weight excluding hydrogens is 246 g/mol. The standard InChI is InChI=1S/C12H12N2.C5H5N/c13-11-5-1-9(2-6-11)10-3-7-12(14)8-4-10;1-2-4-6-5-3-1/h1-8H,13-14H2;1-5H. The van der Waals surface area contributed by atoms with Crippen molar-refractivity contribution in [1.82, 2.24) is 4.98 Å². The second kappa shape index (κ2) is 6.95. The number of anilines is 2. The van der Waals surface area contributed by atoms with E-state index >= 15 is 0 Å².